The number of aryl methyl sites for hydroxylation is 1. The molecule has 3 nitrogen and oxygen atoms in total. The number of ether oxygens (including phenoxy) is 1. The van der Waals surface area contributed by atoms with Crippen LogP contribution < -0.4 is 10.1 Å². The van der Waals surface area contributed by atoms with E-state index in [1.54, 1.807) is 0 Å². The van der Waals surface area contributed by atoms with Gasteiger partial charge in [-0.1, -0.05) is 26.3 Å². The van der Waals surface area contributed by atoms with Gasteiger partial charge in [-0.05, 0) is 18.5 Å². The molecule has 0 saturated carbocycles. The van der Waals surface area contributed by atoms with Crippen molar-refractivity contribution in [1.82, 2.24) is 10.3 Å². The van der Waals surface area contributed by atoms with Crippen LogP contribution in [0.25, 0.3) is 0 Å². The first-order valence-corrected chi connectivity index (χ1v) is 5.65. The number of likely N-dealkylation sites (N-methyl/N-ethyl adjacent to an activating group) is 1. The number of pyridine rings is 1. The lowest BCUT2D eigenvalue weighted by Crippen LogP contribution is -2.20. The van der Waals surface area contributed by atoms with Gasteiger partial charge in [0.15, 0.2) is 0 Å². The van der Waals surface area contributed by atoms with Crippen molar-refractivity contribution in [2.75, 3.05) is 19.7 Å². The van der Waals surface area contributed by atoms with Gasteiger partial charge in [0.1, 0.15) is 6.61 Å². The summed E-state index contributed by atoms with van der Waals surface area (Å²) in [5.74, 6) is 0.716. The molecule has 0 saturated heterocycles. The average molecular weight is 208 g/mol. The van der Waals surface area contributed by atoms with Gasteiger partial charge in [-0.3, -0.25) is 0 Å². The first kappa shape index (κ1) is 12.0. The highest BCUT2D eigenvalue weighted by Gasteiger charge is 1.95. The van der Waals surface area contributed by atoms with E-state index >= 15 is 0 Å². The Balaban J connectivity index is 2.29. The first-order chi connectivity index (χ1) is 7.36. The maximum Gasteiger partial charge on any atom is 0.213 e. The zero-order valence-corrected chi connectivity index (χ0v) is 9.62. The highest BCUT2D eigenvalue weighted by molar-refractivity contribution is 5.17. The van der Waals surface area contributed by atoms with Crippen molar-refractivity contribution in [3.8, 4) is 5.88 Å². The molecule has 1 aromatic rings. The molecule has 0 fully saturated rings. The van der Waals surface area contributed by atoms with Gasteiger partial charge in [0, 0.05) is 18.8 Å². The van der Waals surface area contributed by atoms with Gasteiger partial charge < -0.3 is 10.1 Å². The van der Waals surface area contributed by atoms with E-state index in [1.807, 2.05) is 12.3 Å². The smallest absolute Gasteiger partial charge is 0.213 e. The van der Waals surface area contributed by atoms with Crippen LogP contribution in [0.3, 0.4) is 0 Å². The zero-order chi connectivity index (χ0) is 10.9. The molecular formula is C12H20N2O. The van der Waals surface area contributed by atoms with E-state index in [4.69, 9.17) is 4.74 Å². The Morgan fingerprint density at radius 1 is 1.33 bits per heavy atom. The van der Waals surface area contributed by atoms with Crippen molar-refractivity contribution in [1.29, 1.82) is 0 Å². The van der Waals surface area contributed by atoms with Crippen LogP contribution in [0.2, 0.25) is 0 Å². The van der Waals surface area contributed by atoms with Crippen LogP contribution in [0, 0.1) is 0 Å². The first-order valence-electron chi connectivity index (χ1n) is 5.65. The van der Waals surface area contributed by atoms with Crippen molar-refractivity contribution < 1.29 is 4.74 Å². The molecule has 0 spiro atoms. The van der Waals surface area contributed by atoms with E-state index in [9.17, 15) is 0 Å². The summed E-state index contributed by atoms with van der Waals surface area (Å²) >= 11 is 0. The standard InChI is InChI=1S/C12H20N2O/c1-3-5-11-6-7-12(14-10-11)15-9-8-13-4-2/h6-7,10,13H,3-5,8-9H2,1-2H3. The summed E-state index contributed by atoms with van der Waals surface area (Å²) in [6.07, 6.45) is 4.14. The van der Waals surface area contributed by atoms with Crippen molar-refractivity contribution in [3.63, 3.8) is 0 Å². The number of nitrogens with zero attached hydrogens (tertiary/aromatic N) is 1. The quantitative estimate of drug-likeness (QED) is 0.696. The number of hydrogen-bond acceptors (Lipinski definition) is 3. The minimum atomic E-state index is 0.675. The van der Waals surface area contributed by atoms with Gasteiger partial charge in [0.25, 0.3) is 0 Å². The number of nitrogens with one attached hydrogen (secondary N) is 1. The third kappa shape index (κ3) is 4.79. The maximum atomic E-state index is 5.47. The highest BCUT2D eigenvalue weighted by atomic mass is 16.5. The van der Waals surface area contributed by atoms with Gasteiger partial charge in [-0.15, -0.1) is 0 Å². The predicted octanol–water partition coefficient (Wildman–Crippen LogP) is 2.02. The molecule has 0 aliphatic rings. The lowest BCUT2D eigenvalue weighted by molar-refractivity contribution is 0.303. The highest BCUT2D eigenvalue weighted by Crippen LogP contribution is 2.08. The second-order valence-electron chi connectivity index (χ2n) is 3.46. The SMILES string of the molecule is CCCc1ccc(OCCNCC)nc1. The van der Waals surface area contributed by atoms with Crippen LogP contribution in [-0.4, -0.2) is 24.7 Å². The Bertz CT molecular complexity index is 259. The summed E-state index contributed by atoms with van der Waals surface area (Å²) in [6.45, 7) is 6.77. The van der Waals surface area contributed by atoms with Gasteiger partial charge in [-0.2, -0.15) is 0 Å². The summed E-state index contributed by atoms with van der Waals surface area (Å²) in [6, 6.07) is 4.02. The van der Waals surface area contributed by atoms with E-state index < -0.39 is 0 Å². The minimum Gasteiger partial charge on any atom is -0.476 e. The summed E-state index contributed by atoms with van der Waals surface area (Å²) in [4.78, 5) is 4.24. The molecule has 0 amide bonds. The Hall–Kier alpha value is -1.09. The summed E-state index contributed by atoms with van der Waals surface area (Å²) in [5, 5.41) is 3.20. The predicted molar refractivity (Wildman–Crippen MR) is 62.3 cm³/mol. The molecule has 0 radical (unpaired) electrons. The topological polar surface area (TPSA) is 34.1 Å². The largest absolute Gasteiger partial charge is 0.476 e. The van der Waals surface area contributed by atoms with Crippen molar-refractivity contribution in [3.05, 3.63) is 23.9 Å². The molecular weight excluding hydrogens is 188 g/mol. The van der Waals surface area contributed by atoms with Gasteiger partial charge in [0.05, 0.1) is 0 Å². The molecule has 3 heteroatoms. The van der Waals surface area contributed by atoms with Gasteiger partial charge >= 0.3 is 0 Å². The van der Waals surface area contributed by atoms with Crippen LogP contribution in [-0.2, 0) is 6.42 Å². The van der Waals surface area contributed by atoms with Crippen molar-refractivity contribution in [2.45, 2.75) is 26.7 Å². The van der Waals surface area contributed by atoms with Gasteiger partial charge in [-0.25, -0.2) is 4.98 Å². The molecule has 0 aliphatic heterocycles. The summed E-state index contributed by atoms with van der Waals surface area (Å²) in [5.41, 5.74) is 1.27. The fraction of sp³-hybridized carbons (Fsp3) is 0.583. The monoisotopic (exact) mass is 208 g/mol. The molecule has 1 aromatic heterocycles. The van der Waals surface area contributed by atoms with E-state index in [2.05, 4.69) is 30.2 Å². The lowest BCUT2D eigenvalue weighted by atomic mass is 10.2. The Kier molecular flexibility index (Phi) is 5.78. The third-order valence-corrected chi connectivity index (χ3v) is 2.12. The van der Waals surface area contributed by atoms with Crippen LogP contribution in [0.1, 0.15) is 25.8 Å². The van der Waals surface area contributed by atoms with E-state index in [0.29, 0.717) is 12.5 Å². The van der Waals surface area contributed by atoms with Crippen LogP contribution in [0.5, 0.6) is 5.88 Å². The zero-order valence-electron chi connectivity index (χ0n) is 9.62. The molecule has 1 heterocycles. The fourth-order valence-corrected chi connectivity index (χ4v) is 1.34. The second kappa shape index (κ2) is 7.23. The third-order valence-electron chi connectivity index (χ3n) is 2.12. The Morgan fingerprint density at radius 3 is 2.80 bits per heavy atom. The Labute approximate surface area is 91.9 Å². The number of rotatable bonds is 7. The molecule has 0 bridgehead atoms. The van der Waals surface area contributed by atoms with Crippen LogP contribution >= 0.6 is 0 Å². The number of hydrogen-bond donors (Lipinski definition) is 1. The van der Waals surface area contributed by atoms with Crippen LogP contribution in [0.4, 0.5) is 0 Å². The van der Waals surface area contributed by atoms with Crippen molar-refractivity contribution in [2.24, 2.45) is 0 Å². The van der Waals surface area contributed by atoms with Crippen LogP contribution in [0.15, 0.2) is 18.3 Å². The number of aromatic nitrogens is 1. The van der Waals surface area contributed by atoms with E-state index in [1.165, 1.54) is 5.56 Å². The Morgan fingerprint density at radius 2 is 2.20 bits per heavy atom. The second-order valence-corrected chi connectivity index (χ2v) is 3.46. The minimum absolute atomic E-state index is 0.675. The molecule has 15 heavy (non-hydrogen) atoms. The fourth-order valence-electron chi connectivity index (χ4n) is 1.34. The van der Waals surface area contributed by atoms with Crippen molar-refractivity contribution >= 4 is 0 Å². The molecule has 0 atom stereocenters. The lowest BCUT2D eigenvalue weighted by Gasteiger charge is -2.05. The summed E-state index contributed by atoms with van der Waals surface area (Å²) < 4.78 is 5.47. The maximum absolute atomic E-state index is 5.47. The molecule has 1 rings (SSSR count). The van der Waals surface area contributed by atoms with Gasteiger partial charge in [0.2, 0.25) is 5.88 Å². The molecule has 0 unspecified atom stereocenters. The summed E-state index contributed by atoms with van der Waals surface area (Å²) in [7, 11) is 0. The average Bonchev–Trinajstić information content (AvgIpc) is 2.27. The molecule has 0 aliphatic carbocycles. The molecule has 0 aromatic carbocycles. The normalized spacial score (nSPS) is 10.3. The van der Waals surface area contributed by atoms with E-state index in [-0.39, 0.29) is 0 Å². The molecule has 84 valence electrons. The van der Waals surface area contributed by atoms with E-state index in [0.717, 1.165) is 25.9 Å². The molecule has 1 N–H and O–H groups in total.